The van der Waals surface area contributed by atoms with Crippen LogP contribution >= 0.6 is 0 Å². The number of aromatic nitrogens is 2. The number of nitrogens with zero attached hydrogens (tertiary/aromatic N) is 1. The summed E-state index contributed by atoms with van der Waals surface area (Å²) in [5, 5.41) is 2.97. The molecule has 178 valence electrons. The Balaban J connectivity index is 0.00000158. The molecule has 0 fully saturated rings. The number of ether oxygens (including phenoxy) is 1. The average molecular weight is 459 g/mol. The first-order chi connectivity index (χ1) is 16.7. The van der Waals surface area contributed by atoms with Crippen LogP contribution in [0.5, 0.6) is 0 Å². The van der Waals surface area contributed by atoms with Gasteiger partial charge < -0.3 is 20.8 Å². The Morgan fingerprint density at radius 1 is 0.971 bits per heavy atom. The number of imidazole rings is 1. The van der Waals surface area contributed by atoms with Crippen molar-refractivity contribution in [2.45, 2.75) is 45.8 Å². The number of amides is 1. The third-order valence-electron chi connectivity index (χ3n) is 5.39. The lowest BCUT2D eigenvalue weighted by molar-refractivity contribution is 0.134. The fraction of sp³-hybridized carbons (Fsp3) is 0.286. The number of carbonyl (C=O) groups excluding carboxylic acids is 1. The predicted molar refractivity (Wildman–Crippen MR) is 138 cm³/mol. The Kier molecular flexibility index (Phi) is 9.67. The van der Waals surface area contributed by atoms with Gasteiger partial charge >= 0.3 is 6.09 Å². The van der Waals surface area contributed by atoms with Crippen LogP contribution in [-0.4, -0.2) is 22.6 Å². The summed E-state index contributed by atoms with van der Waals surface area (Å²) in [6.07, 6.45) is 2.03. The van der Waals surface area contributed by atoms with Crippen LogP contribution < -0.4 is 11.1 Å². The molecule has 4 N–H and O–H groups in total. The number of nitrogens with one attached hydrogen (secondary N) is 2. The van der Waals surface area contributed by atoms with E-state index in [1.54, 1.807) is 0 Å². The summed E-state index contributed by atoms with van der Waals surface area (Å²) in [6.45, 7) is 4.84. The Morgan fingerprint density at radius 3 is 2.38 bits per heavy atom. The van der Waals surface area contributed by atoms with Gasteiger partial charge in [-0.05, 0) is 54.6 Å². The van der Waals surface area contributed by atoms with Crippen molar-refractivity contribution in [2.75, 3.05) is 6.54 Å². The smallest absolute Gasteiger partial charge is 0.408 e. The first-order valence-corrected chi connectivity index (χ1v) is 12.0. The molecule has 0 saturated heterocycles. The van der Waals surface area contributed by atoms with Gasteiger partial charge in [-0.1, -0.05) is 80.6 Å². The first kappa shape index (κ1) is 25.0. The van der Waals surface area contributed by atoms with Gasteiger partial charge in [-0.2, -0.15) is 0 Å². The van der Waals surface area contributed by atoms with Crippen molar-refractivity contribution >= 4 is 17.1 Å². The molecule has 0 radical (unpaired) electrons. The topological polar surface area (TPSA) is 93.0 Å². The maximum atomic E-state index is 12.5. The maximum absolute atomic E-state index is 12.5. The molecule has 0 aliphatic heterocycles. The molecule has 0 aliphatic carbocycles. The Labute approximate surface area is 201 Å². The molecule has 1 aromatic heterocycles. The zero-order valence-corrected chi connectivity index (χ0v) is 20.0. The average Bonchev–Trinajstić information content (AvgIpc) is 3.33. The van der Waals surface area contributed by atoms with Crippen LogP contribution in [0.3, 0.4) is 0 Å². The number of unbranched alkanes of at least 4 members (excludes halogenated alkanes) is 1. The minimum absolute atomic E-state index is 0.225. The molecule has 0 aliphatic rings. The molecule has 1 atom stereocenters. The number of hydrogen-bond acceptors (Lipinski definition) is 4. The highest BCUT2D eigenvalue weighted by Crippen LogP contribution is 2.26. The van der Waals surface area contributed by atoms with Crippen molar-refractivity contribution in [1.82, 2.24) is 15.3 Å². The maximum Gasteiger partial charge on any atom is 0.408 e. The van der Waals surface area contributed by atoms with E-state index in [1.807, 2.05) is 68.4 Å². The lowest BCUT2D eigenvalue weighted by atomic mass is 10.1. The van der Waals surface area contributed by atoms with Gasteiger partial charge in [-0.25, -0.2) is 9.78 Å². The van der Waals surface area contributed by atoms with Crippen LogP contribution in [0.15, 0.2) is 78.9 Å². The van der Waals surface area contributed by atoms with E-state index in [2.05, 4.69) is 34.6 Å². The summed E-state index contributed by atoms with van der Waals surface area (Å²) < 4.78 is 5.42. The monoisotopic (exact) mass is 458 g/mol. The van der Waals surface area contributed by atoms with Gasteiger partial charge in [0.15, 0.2) is 0 Å². The van der Waals surface area contributed by atoms with E-state index in [1.165, 1.54) is 0 Å². The van der Waals surface area contributed by atoms with E-state index in [0.29, 0.717) is 6.54 Å². The lowest BCUT2D eigenvalue weighted by Crippen LogP contribution is -2.30. The van der Waals surface area contributed by atoms with Gasteiger partial charge in [0.05, 0.1) is 17.1 Å². The van der Waals surface area contributed by atoms with E-state index < -0.39 is 6.09 Å². The molecule has 0 bridgehead atoms. The number of fused-ring (bicyclic) bond motifs is 1. The van der Waals surface area contributed by atoms with Gasteiger partial charge in [0.2, 0.25) is 0 Å². The largest absolute Gasteiger partial charge is 0.445 e. The van der Waals surface area contributed by atoms with Crippen molar-refractivity contribution in [3.63, 3.8) is 0 Å². The van der Waals surface area contributed by atoms with Gasteiger partial charge in [0, 0.05) is 0 Å². The van der Waals surface area contributed by atoms with Crippen molar-refractivity contribution < 1.29 is 9.53 Å². The fourth-order valence-electron chi connectivity index (χ4n) is 3.68. The number of rotatable bonds is 9. The molecule has 1 amide bonds. The number of alkyl carbamates (subject to hydrolysis) is 1. The van der Waals surface area contributed by atoms with E-state index in [-0.39, 0.29) is 12.6 Å². The van der Waals surface area contributed by atoms with Gasteiger partial charge in [-0.15, -0.1) is 0 Å². The number of carbonyl (C=O) groups is 1. The van der Waals surface area contributed by atoms with Crippen molar-refractivity contribution in [3.8, 4) is 11.1 Å². The van der Waals surface area contributed by atoms with E-state index >= 15 is 0 Å². The molecule has 6 nitrogen and oxygen atoms in total. The van der Waals surface area contributed by atoms with Gasteiger partial charge in [0.1, 0.15) is 12.4 Å². The fourth-order valence-corrected chi connectivity index (χ4v) is 3.68. The molecule has 1 unspecified atom stereocenters. The van der Waals surface area contributed by atoms with E-state index in [9.17, 15) is 4.79 Å². The zero-order chi connectivity index (χ0) is 24.2. The van der Waals surface area contributed by atoms with E-state index in [0.717, 1.165) is 52.8 Å². The lowest BCUT2D eigenvalue weighted by Gasteiger charge is -2.16. The molecule has 3 aromatic carbocycles. The summed E-state index contributed by atoms with van der Waals surface area (Å²) in [7, 11) is 0. The summed E-state index contributed by atoms with van der Waals surface area (Å²) in [5.74, 6) is 0.721. The SMILES string of the molecule is CC.NCCCCC(NC(=O)OCc1ccccc1)c1nc2ccc(-c3ccccc3)cc2[nH]1. The molecule has 4 rings (SSSR count). The highest BCUT2D eigenvalue weighted by Gasteiger charge is 2.19. The number of H-pyrrole nitrogens is 1. The molecular weight excluding hydrogens is 424 g/mol. The van der Waals surface area contributed by atoms with Crippen LogP contribution in [0.2, 0.25) is 0 Å². The number of benzene rings is 3. The summed E-state index contributed by atoms with van der Waals surface area (Å²) in [5.41, 5.74) is 10.7. The standard InChI is InChI=1S/C26H28N4O2.C2H6/c27-16-8-7-13-23(30-26(31)32-18-19-9-3-1-4-10-19)25-28-22-15-14-21(17-24(22)29-25)20-11-5-2-6-12-20;1-2/h1-6,9-12,14-15,17,23H,7-8,13,16,18,27H2,(H,28,29)(H,30,31);1-2H3. The van der Waals surface area contributed by atoms with E-state index in [4.69, 9.17) is 15.5 Å². The van der Waals surface area contributed by atoms with Gasteiger partial charge in [0.25, 0.3) is 0 Å². The van der Waals surface area contributed by atoms with Crippen LogP contribution in [0, 0.1) is 0 Å². The number of aromatic amines is 1. The number of hydrogen-bond donors (Lipinski definition) is 3. The third kappa shape index (κ3) is 6.93. The highest BCUT2D eigenvalue weighted by molar-refractivity contribution is 5.82. The van der Waals surface area contributed by atoms with Crippen LogP contribution in [0.1, 0.15) is 50.5 Å². The minimum Gasteiger partial charge on any atom is -0.445 e. The third-order valence-corrected chi connectivity index (χ3v) is 5.39. The normalized spacial score (nSPS) is 11.4. The van der Waals surface area contributed by atoms with Gasteiger partial charge in [-0.3, -0.25) is 0 Å². The quantitative estimate of drug-likeness (QED) is 0.255. The van der Waals surface area contributed by atoms with Crippen molar-refractivity contribution in [1.29, 1.82) is 0 Å². The second-order valence-electron chi connectivity index (χ2n) is 7.76. The second-order valence-corrected chi connectivity index (χ2v) is 7.76. The first-order valence-electron chi connectivity index (χ1n) is 12.0. The molecule has 4 aromatic rings. The van der Waals surface area contributed by atoms with Crippen LogP contribution in [0.25, 0.3) is 22.2 Å². The molecule has 6 heteroatoms. The molecule has 0 saturated carbocycles. The molecule has 34 heavy (non-hydrogen) atoms. The second kappa shape index (κ2) is 13.2. The minimum atomic E-state index is -0.461. The van der Waals surface area contributed by atoms with Crippen LogP contribution in [-0.2, 0) is 11.3 Å². The molecule has 0 spiro atoms. The summed E-state index contributed by atoms with van der Waals surface area (Å²) >= 11 is 0. The predicted octanol–water partition coefficient (Wildman–Crippen LogP) is 6.35. The summed E-state index contributed by atoms with van der Waals surface area (Å²) in [4.78, 5) is 20.6. The molecule has 1 heterocycles. The highest BCUT2D eigenvalue weighted by atomic mass is 16.5. The van der Waals surface area contributed by atoms with Crippen molar-refractivity contribution in [3.05, 3.63) is 90.3 Å². The van der Waals surface area contributed by atoms with Crippen LogP contribution in [0.4, 0.5) is 4.79 Å². The Morgan fingerprint density at radius 2 is 1.68 bits per heavy atom. The Hall–Kier alpha value is -3.64. The van der Waals surface area contributed by atoms with Crippen molar-refractivity contribution in [2.24, 2.45) is 5.73 Å². The Bertz CT molecular complexity index is 1140. The molecular formula is C28H34N4O2. The summed E-state index contributed by atoms with van der Waals surface area (Å²) in [6, 6.07) is 25.7. The number of nitrogens with two attached hydrogens (primary N) is 1. The zero-order valence-electron chi connectivity index (χ0n) is 20.0.